The molecule has 0 radical (unpaired) electrons. The number of amides is 1. The largest absolute Gasteiger partial charge is 0.469 e. The standard InChI is InChI=1S/C13H21NO6/c1-8(7-10(15)18-6)11(16)19-9(2)14-12(17)20-13(3,4)5/h9H,1,7H2,2-6H3,(H,14,17). The molecule has 0 aromatic rings. The van der Waals surface area contributed by atoms with Crippen molar-refractivity contribution in [1.82, 2.24) is 5.32 Å². The lowest BCUT2D eigenvalue weighted by molar-refractivity contribution is -0.147. The summed E-state index contributed by atoms with van der Waals surface area (Å²) < 4.78 is 14.3. The van der Waals surface area contributed by atoms with Crippen molar-refractivity contribution in [2.45, 2.75) is 45.9 Å². The number of ether oxygens (including phenoxy) is 3. The van der Waals surface area contributed by atoms with Crippen molar-refractivity contribution in [2.24, 2.45) is 0 Å². The number of rotatable bonds is 5. The van der Waals surface area contributed by atoms with Crippen LogP contribution in [0.25, 0.3) is 0 Å². The highest BCUT2D eigenvalue weighted by atomic mass is 16.6. The monoisotopic (exact) mass is 287 g/mol. The number of alkyl carbamates (subject to hydrolysis) is 1. The second-order valence-corrected chi connectivity index (χ2v) is 5.05. The predicted molar refractivity (Wildman–Crippen MR) is 70.7 cm³/mol. The fraction of sp³-hybridized carbons (Fsp3) is 0.615. The summed E-state index contributed by atoms with van der Waals surface area (Å²) in [5.74, 6) is -1.39. The molecule has 0 aliphatic rings. The normalized spacial score (nSPS) is 12.1. The summed E-state index contributed by atoms with van der Waals surface area (Å²) in [6.45, 7) is 10.00. The molecule has 0 aromatic heterocycles. The molecule has 7 heteroatoms. The van der Waals surface area contributed by atoms with Crippen LogP contribution in [0.15, 0.2) is 12.2 Å². The SMILES string of the molecule is C=C(CC(=O)OC)C(=O)OC(C)NC(=O)OC(C)(C)C. The molecule has 1 N–H and O–H groups in total. The molecule has 0 aliphatic heterocycles. The number of hydrogen-bond acceptors (Lipinski definition) is 6. The molecule has 0 aromatic carbocycles. The molecule has 0 saturated heterocycles. The summed E-state index contributed by atoms with van der Waals surface area (Å²) in [5, 5.41) is 2.33. The van der Waals surface area contributed by atoms with E-state index in [1.807, 2.05) is 0 Å². The molecule has 20 heavy (non-hydrogen) atoms. The molecular formula is C13H21NO6. The second-order valence-electron chi connectivity index (χ2n) is 5.05. The van der Waals surface area contributed by atoms with E-state index in [-0.39, 0.29) is 12.0 Å². The fourth-order valence-electron chi connectivity index (χ4n) is 1.07. The molecule has 0 heterocycles. The van der Waals surface area contributed by atoms with Gasteiger partial charge in [-0.2, -0.15) is 0 Å². The third-order valence-corrected chi connectivity index (χ3v) is 1.88. The number of esters is 2. The maximum Gasteiger partial charge on any atom is 0.410 e. The van der Waals surface area contributed by atoms with Crippen LogP contribution in [0, 0.1) is 0 Å². The molecule has 0 spiro atoms. The highest BCUT2D eigenvalue weighted by Gasteiger charge is 2.20. The van der Waals surface area contributed by atoms with Gasteiger partial charge in [0.05, 0.1) is 13.5 Å². The summed E-state index contributed by atoms with van der Waals surface area (Å²) in [6.07, 6.45) is -1.89. The van der Waals surface area contributed by atoms with Crippen LogP contribution in [0.4, 0.5) is 4.79 Å². The number of hydrogen-bond donors (Lipinski definition) is 1. The summed E-state index contributed by atoms with van der Waals surface area (Å²) in [7, 11) is 1.20. The van der Waals surface area contributed by atoms with E-state index in [1.54, 1.807) is 20.8 Å². The van der Waals surface area contributed by atoms with Crippen LogP contribution in [0.3, 0.4) is 0 Å². The van der Waals surface area contributed by atoms with Gasteiger partial charge in [0.25, 0.3) is 0 Å². The number of carbonyl (C=O) groups is 3. The predicted octanol–water partition coefficient (Wildman–Crippen LogP) is 1.52. The van der Waals surface area contributed by atoms with Crippen molar-refractivity contribution in [2.75, 3.05) is 7.11 Å². The molecule has 7 nitrogen and oxygen atoms in total. The molecule has 0 aliphatic carbocycles. The summed E-state index contributed by atoms with van der Waals surface area (Å²) in [5.41, 5.74) is -0.711. The lowest BCUT2D eigenvalue weighted by atomic mass is 10.2. The minimum absolute atomic E-state index is 0.0605. The van der Waals surface area contributed by atoms with Crippen LogP contribution >= 0.6 is 0 Å². The number of methoxy groups -OCH3 is 1. The molecule has 0 saturated carbocycles. The minimum atomic E-state index is -0.910. The van der Waals surface area contributed by atoms with Gasteiger partial charge in [-0.15, -0.1) is 0 Å². The quantitative estimate of drug-likeness (QED) is 0.357. The highest BCUT2D eigenvalue weighted by molar-refractivity contribution is 5.93. The van der Waals surface area contributed by atoms with Gasteiger partial charge in [-0.05, 0) is 27.7 Å². The summed E-state index contributed by atoms with van der Waals surface area (Å²) >= 11 is 0. The van der Waals surface area contributed by atoms with E-state index in [9.17, 15) is 14.4 Å². The van der Waals surface area contributed by atoms with Gasteiger partial charge in [-0.1, -0.05) is 6.58 Å². The minimum Gasteiger partial charge on any atom is -0.469 e. The molecule has 1 amide bonds. The highest BCUT2D eigenvalue weighted by Crippen LogP contribution is 2.08. The van der Waals surface area contributed by atoms with Gasteiger partial charge in [0.2, 0.25) is 0 Å². The van der Waals surface area contributed by atoms with Gasteiger partial charge in [0.15, 0.2) is 6.23 Å². The van der Waals surface area contributed by atoms with Gasteiger partial charge in [0, 0.05) is 5.57 Å². The van der Waals surface area contributed by atoms with Crippen molar-refractivity contribution in [3.63, 3.8) is 0 Å². The lowest BCUT2D eigenvalue weighted by Crippen LogP contribution is -2.40. The molecule has 0 fully saturated rings. The van der Waals surface area contributed by atoms with Gasteiger partial charge < -0.3 is 14.2 Å². The van der Waals surface area contributed by atoms with Crippen LogP contribution in [0.2, 0.25) is 0 Å². The molecule has 0 rings (SSSR count). The molecular weight excluding hydrogens is 266 g/mol. The fourth-order valence-corrected chi connectivity index (χ4v) is 1.07. The maximum atomic E-state index is 11.5. The van der Waals surface area contributed by atoms with Gasteiger partial charge in [0.1, 0.15) is 5.60 Å². The first kappa shape index (κ1) is 17.9. The van der Waals surface area contributed by atoms with E-state index in [2.05, 4.69) is 16.6 Å². The third-order valence-electron chi connectivity index (χ3n) is 1.88. The smallest absolute Gasteiger partial charge is 0.410 e. The van der Waals surface area contributed by atoms with E-state index >= 15 is 0 Å². The Kier molecular flexibility index (Phi) is 6.75. The van der Waals surface area contributed by atoms with Gasteiger partial charge in [-0.3, -0.25) is 10.1 Å². The van der Waals surface area contributed by atoms with Gasteiger partial charge in [-0.25, -0.2) is 9.59 Å². The van der Waals surface area contributed by atoms with E-state index in [4.69, 9.17) is 9.47 Å². The Bertz CT molecular complexity index is 396. The third kappa shape index (κ3) is 8.12. The zero-order valence-corrected chi connectivity index (χ0v) is 12.4. The van der Waals surface area contributed by atoms with E-state index < -0.39 is 29.9 Å². The number of nitrogens with one attached hydrogen (secondary N) is 1. The Morgan fingerprint density at radius 1 is 1.25 bits per heavy atom. The topological polar surface area (TPSA) is 90.9 Å². The van der Waals surface area contributed by atoms with Crippen LogP contribution in [-0.4, -0.2) is 37.0 Å². The Hall–Kier alpha value is -2.05. The van der Waals surface area contributed by atoms with E-state index in [1.165, 1.54) is 14.0 Å². The van der Waals surface area contributed by atoms with Crippen molar-refractivity contribution in [3.05, 3.63) is 12.2 Å². The molecule has 1 unspecified atom stereocenters. The molecule has 114 valence electrons. The summed E-state index contributed by atoms with van der Waals surface area (Å²) in [6, 6.07) is 0. The second kappa shape index (κ2) is 7.52. The van der Waals surface area contributed by atoms with Gasteiger partial charge >= 0.3 is 18.0 Å². The first-order chi connectivity index (χ1) is 9.05. The van der Waals surface area contributed by atoms with E-state index in [0.717, 1.165) is 0 Å². The average molecular weight is 287 g/mol. The first-order valence-corrected chi connectivity index (χ1v) is 6.00. The Morgan fingerprint density at radius 2 is 1.80 bits per heavy atom. The Balaban J connectivity index is 4.23. The molecule has 0 bridgehead atoms. The first-order valence-electron chi connectivity index (χ1n) is 6.00. The van der Waals surface area contributed by atoms with Crippen molar-refractivity contribution < 1.29 is 28.6 Å². The molecule has 1 atom stereocenters. The number of carbonyl (C=O) groups excluding carboxylic acids is 3. The lowest BCUT2D eigenvalue weighted by Gasteiger charge is -2.22. The van der Waals surface area contributed by atoms with Crippen LogP contribution in [0.5, 0.6) is 0 Å². The van der Waals surface area contributed by atoms with Crippen LogP contribution in [0.1, 0.15) is 34.1 Å². The Morgan fingerprint density at radius 3 is 2.25 bits per heavy atom. The van der Waals surface area contributed by atoms with Crippen LogP contribution in [-0.2, 0) is 23.8 Å². The van der Waals surface area contributed by atoms with Crippen molar-refractivity contribution in [3.8, 4) is 0 Å². The zero-order chi connectivity index (χ0) is 15.9. The van der Waals surface area contributed by atoms with Crippen LogP contribution < -0.4 is 5.32 Å². The van der Waals surface area contributed by atoms with Crippen molar-refractivity contribution in [1.29, 1.82) is 0 Å². The van der Waals surface area contributed by atoms with Crippen molar-refractivity contribution >= 4 is 18.0 Å². The Labute approximate surface area is 118 Å². The maximum absolute atomic E-state index is 11.5. The summed E-state index contributed by atoms with van der Waals surface area (Å²) in [4.78, 5) is 33.9. The average Bonchev–Trinajstić information content (AvgIpc) is 2.25. The zero-order valence-electron chi connectivity index (χ0n) is 12.4. The van der Waals surface area contributed by atoms with E-state index in [0.29, 0.717) is 0 Å².